The number of rotatable bonds is 7. The van der Waals surface area contributed by atoms with E-state index in [0.29, 0.717) is 6.04 Å². The number of furan rings is 1. The molecule has 0 saturated heterocycles. The number of hydrogen-bond acceptors (Lipinski definition) is 3. The second-order valence-electron chi connectivity index (χ2n) is 4.97. The maximum absolute atomic E-state index is 5.55. The van der Waals surface area contributed by atoms with Gasteiger partial charge < -0.3 is 9.73 Å². The van der Waals surface area contributed by atoms with Gasteiger partial charge in [0.05, 0.1) is 6.54 Å². The zero-order valence-electron chi connectivity index (χ0n) is 11.4. The number of nitrogens with one attached hydrogen (secondary N) is 1. The lowest BCUT2D eigenvalue weighted by atomic mass is 10.2. The van der Waals surface area contributed by atoms with Crippen LogP contribution in [0.4, 0.5) is 0 Å². The minimum atomic E-state index is 0.504. The van der Waals surface area contributed by atoms with Crippen molar-refractivity contribution in [2.24, 2.45) is 0 Å². The van der Waals surface area contributed by atoms with Crippen molar-refractivity contribution in [3.63, 3.8) is 0 Å². The summed E-state index contributed by atoms with van der Waals surface area (Å²) in [5.41, 5.74) is 1.20. The van der Waals surface area contributed by atoms with E-state index in [1.165, 1.54) is 5.57 Å². The van der Waals surface area contributed by atoms with Gasteiger partial charge in [0.1, 0.15) is 11.5 Å². The van der Waals surface area contributed by atoms with Crippen molar-refractivity contribution >= 4 is 0 Å². The largest absolute Gasteiger partial charge is 0.465 e. The van der Waals surface area contributed by atoms with Crippen LogP contribution in [0.1, 0.15) is 25.4 Å². The van der Waals surface area contributed by atoms with Crippen molar-refractivity contribution in [2.75, 3.05) is 20.1 Å². The molecule has 0 aliphatic rings. The van der Waals surface area contributed by atoms with Gasteiger partial charge in [-0.1, -0.05) is 20.4 Å². The standard InChI is InChI=1S/C14H24N2O/c1-11(2)15-8-12(3)9-16(5)10-14-7-6-13(4)17-14/h6-7,11,15H,3,8-10H2,1-2,4-5H3. The van der Waals surface area contributed by atoms with E-state index < -0.39 is 0 Å². The smallest absolute Gasteiger partial charge is 0.118 e. The molecular weight excluding hydrogens is 212 g/mol. The lowest BCUT2D eigenvalue weighted by Crippen LogP contribution is -2.29. The molecule has 0 unspecified atom stereocenters. The Morgan fingerprint density at radius 2 is 2.18 bits per heavy atom. The van der Waals surface area contributed by atoms with Crippen LogP contribution in [0.15, 0.2) is 28.7 Å². The lowest BCUT2D eigenvalue weighted by molar-refractivity contribution is 0.310. The van der Waals surface area contributed by atoms with Crippen LogP contribution in [0, 0.1) is 6.92 Å². The van der Waals surface area contributed by atoms with Crippen molar-refractivity contribution < 1.29 is 4.42 Å². The third-order valence-corrected chi connectivity index (χ3v) is 2.48. The number of aryl methyl sites for hydroxylation is 1. The van der Waals surface area contributed by atoms with E-state index in [9.17, 15) is 0 Å². The van der Waals surface area contributed by atoms with Gasteiger partial charge in [0, 0.05) is 19.1 Å². The first-order chi connectivity index (χ1) is 7.97. The van der Waals surface area contributed by atoms with Crippen LogP contribution in [0.5, 0.6) is 0 Å². The van der Waals surface area contributed by atoms with Gasteiger partial charge in [-0.2, -0.15) is 0 Å². The van der Waals surface area contributed by atoms with Crippen LogP contribution in [0.2, 0.25) is 0 Å². The summed E-state index contributed by atoms with van der Waals surface area (Å²) in [5, 5.41) is 3.37. The predicted octanol–water partition coefficient (Wildman–Crippen LogP) is 2.57. The van der Waals surface area contributed by atoms with Crippen LogP contribution in [-0.2, 0) is 6.54 Å². The van der Waals surface area contributed by atoms with E-state index in [-0.39, 0.29) is 0 Å². The lowest BCUT2D eigenvalue weighted by Gasteiger charge is -2.18. The third kappa shape index (κ3) is 5.71. The van der Waals surface area contributed by atoms with Gasteiger partial charge in [-0.15, -0.1) is 0 Å². The summed E-state index contributed by atoms with van der Waals surface area (Å²) in [6, 6.07) is 4.53. The molecule has 0 amide bonds. The fourth-order valence-corrected chi connectivity index (χ4v) is 1.68. The Bertz CT molecular complexity index is 355. The van der Waals surface area contributed by atoms with Crippen LogP contribution in [0.25, 0.3) is 0 Å². The van der Waals surface area contributed by atoms with Gasteiger partial charge in [0.2, 0.25) is 0 Å². The molecule has 1 heterocycles. The van der Waals surface area contributed by atoms with E-state index >= 15 is 0 Å². The van der Waals surface area contributed by atoms with E-state index in [0.717, 1.165) is 31.2 Å². The number of likely N-dealkylation sites (N-methyl/N-ethyl adjacent to an activating group) is 1. The Hall–Kier alpha value is -1.06. The van der Waals surface area contributed by atoms with Crippen molar-refractivity contribution in [1.29, 1.82) is 0 Å². The summed E-state index contributed by atoms with van der Waals surface area (Å²) >= 11 is 0. The summed E-state index contributed by atoms with van der Waals surface area (Å²) in [7, 11) is 2.08. The normalized spacial score (nSPS) is 11.4. The van der Waals surface area contributed by atoms with Crippen LogP contribution in [0.3, 0.4) is 0 Å². The molecule has 0 bridgehead atoms. The summed E-state index contributed by atoms with van der Waals surface area (Å²) in [4.78, 5) is 2.21. The zero-order valence-corrected chi connectivity index (χ0v) is 11.4. The summed E-state index contributed by atoms with van der Waals surface area (Å²) in [6.45, 7) is 12.9. The quantitative estimate of drug-likeness (QED) is 0.738. The maximum Gasteiger partial charge on any atom is 0.118 e. The topological polar surface area (TPSA) is 28.4 Å². The average molecular weight is 236 g/mol. The summed E-state index contributed by atoms with van der Waals surface area (Å²) in [6.07, 6.45) is 0. The molecule has 1 aromatic heterocycles. The molecule has 1 rings (SSSR count). The van der Waals surface area contributed by atoms with E-state index in [4.69, 9.17) is 4.42 Å². The van der Waals surface area contributed by atoms with Gasteiger partial charge in [-0.3, -0.25) is 4.90 Å². The second kappa shape index (κ2) is 6.62. The molecule has 1 N–H and O–H groups in total. The highest BCUT2D eigenvalue weighted by atomic mass is 16.3. The highest BCUT2D eigenvalue weighted by Crippen LogP contribution is 2.09. The molecule has 0 aliphatic carbocycles. The molecule has 0 aliphatic heterocycles. The molecule has 17 heavy (non-hydrogen) atoms. The predicted molar refractivity (Wildman–Crippen MR) is 72.1 cm³/mol. The molecule has 1 aromatic rings. The first kappa shape index (κ1) is 14.0. The van der Waals surface area contributed by atoms with Crippen LogP contribution < -0.4 is 5.32 Å². The average Bonchev–Trinajstić information content (AvgIpc) is 2.60. The fourth-order valence-electron chi connectivity index (χ4n) is 1.68. The molecule has 3 nitrogen and oxygen atoms in total. The minimum Gasteiger partial charge on any atom is -0.465 e. The Labute approximate surface area is 104 Å². The van der Waals surface area contributed by atoms with E-state index in [1.54, 1.807) is 0 Å². The van der Waals surface area contributed by atoms with Crippen molar-refractivity contribution in [3.05, 3.63) is 35.8 Å². The Balaban J connectivity index is 2.29. The van der Waals surface area contributed by atoms with Gasteiger partial charge in [0.25, 0.3) is 0 Å². The molecule has 0 aromatic carbocycles. The minimum absolute atomic E-state index is 0.504. The maximum atomic E-state index is 5.55. The Kier molecular flexibility index (Phi) is 5.45. The van der Waals surface area contributed by atoms with Gasteiger partial charge in [-0.25, -0.2) is 0 Å². The molecule has 0 radical (unpaired) electrons. The van der Waals surface area contributed by atoms with E-state index in [2.05, 4.69) is 37.7 Å². The number of nitrogens with zero attached hydrogens (tertiary/aromatic N) is 1. The van der Waals surface area contributed by atoms with Crippen LogP contribution >= 0.6 is 0 Å². The molecule has 0 spiro atoms. The summed E-state index contributed by atoms with van der Waals surface area (Å²) < 4.78 is 5.55. The van der Waals surface area contributed by atoms with Crippen LogP contribution in [-0.4, -0.2) is 31.1 Å². The van der Waals surface area contributed by atoms with Gasteiger partial charge >= 0.3 is 0 Å². The molecule has 0 atom stereocenters. The monoisotopic (exact) mass is 236 g/mol. The molecule has 0 fully saturated rings. The third-order valence-electron chi connectivity index (χ3n) is 2.48. The molecule has 0 saturated carbocycles. The van der Waals surface area contributed by atoms with Crippen molar-refractivity contribution in [1.82, 2.24) is 10.2 Å². The fraction of sp³-hybridized carbons (Fsp3) is 0.571. The van der Waals surface area contributed by atoms with Crippen molar-refractivity contribution in [2.45, 2.75) is 33.4 Å². The van der Waals surface area contributed by atoms with Crippen molar-refractivity contribution in [3.8, 4) is 0 Å². The highest BCUT2D eigenvalue weighted by Gasteiger charge is 2.05. The molecular formula is C14H24N2O. The van der Waals surface area contributed by atoms with Gasteiger partial charge in [0.15, 0.2) is 0 Å². The number of hydrogen-bond donors (Lipinski definition) is 1. The Morgan fingerprint density at radius 1 is 1.47 bits per heavy atom. The zero-order chi connectivity index (χ0) is 12.8. The molecule has 3 heteroatoms. The summed E-state index contributed by atoms with van der Waals surface area (Å²) in [5.74, 6) is 1.98. The van der Waals surface area contributed by atoms with E-state index in [1.807, 2.05) is 19.1 Å². The Morgan fingerprint density at radius 3 is 2.71 bits per heavy atom. The first-order valence-electron chi connectivity index (χ1n) is 6.11. The second-order valence-corrected chi connectivity index (χ2v) is 4.97. The first-order valence-corrected chi connectivity index (χ1v) is 6.11. The SMILES string of the molecule is C=C(CNC(C)C)CN(C)Cc1ccc(C)o1. The molecule has 96 valence electrons. The highest BCUT2D eigenvalue weighted by molar-refractivity contribution is 5.06. The van der Waals surface area contributed by atoms with Gasteiger partial charge in [-0.05, 0) is 31.7 Å².